The third-order valence-corrected chi connectivity index (χ3v) is 8.04. The number of unbranched alkanes of at least 4 members (excludes halogenated alkanes) is 11. The molecule has 0 spiro atoms. The van der Waals surface area contributed by atoms with Gasteiger partial charge in [0, 0.05) is 25.5 Å². The number of nitrogens with one attached hydrogen (secondary N) is 1. The van der Waals surface area contributed by atoms with Gasteiger partial charge in [-0.2, -0.15) is 13.2 Å². The van der Waals surface area contributed by atoms with Crippen LogP contribution in [-0.4, -0.2) is 70.3 Å². The molecule has 3 atom stereocenters. The number of aromatic nitrogens is 2. The first-order valence-electron chi connectivity index (χ1n) is 15.1. The summed E-state index contributed by atoms with van der Waals surface area (Å²) in [5, 5.41) is 9.43. The van der Waals surface area contributed by atoms with E-state index in [0.29, 0.717) is 33.0 Å². The highest BCUT2D eigenvalue weighted by Crippen LogP contribution is 2.42. The molecule has 15 heteroatoms. The van der Waals surface area contributed by atoms with Crippen molar-refractivity contribution in [3.05, 3.63) is 33.1 Å². The lowest BCUT2D eigenvalue weighted by atomic mass is 9.98. The molecule has 1 rings (SSSR count). The van der Waals surface area contributed by atoms with Gasteiger partial charge in [0.15, 0.2) is 0 Å². The third kappa shape index (κ3) is 18.8. The second-order valence-electron chi connectivity index (χ2n) is 11.0. The van der Waals surface area contributed by atoms with E-state index in [-0.39, 0.29) is 19.6 Å². The highest BCUT2D eigenvalue weighted by Gasteiger charge is 2.51. The van der Waals surface area contributed by atoms with Crippen molar-refractivity contribution in [1.82, 2.24) is 9.55 Å². The van der Waals surface area contributed by atoms with Crippen LogP contribution >= 0.6 is 7.60 Å². The number of nitrogens with zero attached hydrogens (tertiary/aromatic N) is 1. The highest BCUT2D eigenvalue weighted by molar-refractivity contribution is 7.52. The van der Waals surface area contributed by atoms with Gasteiger partial charge in [0.2, 0.25) is 5.67 Å². The number of rotatable bonds is 26. The highest BCUT2D eigenvalue weighted by atomic mass is 31.2. The zero-order valence-electron chi connectivity index (χ0n) is 25.1. The monoisotopic (exact) mass is 648 g/mol. The number of aliphatic hydroxyl groups excluding tert-OH is 1. The molecule has 1 aromatic rings. The Morgan fingerprint density at radius 1 is 0.884 bits per heavy atom. The lowest BCUT2D eigenvalue weighted by Crippen LogP contribution is -2.37. The molecule has 10 nitrogen and oxygen atoms in total. The van der Waals surface area contributed by atoms with E-state index in [9.17, 15) is 41.7 Å². The summed E-state index contributed by atoms with van der Waals surface area (Å²) < 4.78 is 79.9. The Bertz CT molecular complexity index is 1030. The third-order valence-electron chi connectivity index (χ3n) is 6.98. The predicted molar refractivity (Wildman–Crippen MR) is 155 cm³/mol. The topological polar surface area (TPSA) is 140 Å². The predicted octanol–water partition coefficient (Wildman–Crippen LogP) is 5.84. The number of ether oxygens (including phenoxy) is 2. The van der Waals surface area contributed by atoms with Crippen LogP contribution in [0.25, 0.3) is 0 Å². The standard InChI is InChI=1S/C28H49F4N2O8P/c1-27(29,28(30,31)32)16-12-10-8-6-4-2-3-5-7-9-11-13-18-40-19-14-20-42-43(38,39)23-41-24(22-35)21-34-17-15-25(36)33-26(34)37/h15,17,24,35H,2-14,16,18-23H2,1H3,(H,38,39)(H,33,36,37)/t24-,27?/m0/s1. The van der Waals surface area contributed by atoms with Crippen molar-refractivity contribution in [2.24, 2.45) is 0 Å². The van der Waals surface area contributed by atoms with Gasteiger partial charge in [-0.05, 0) is 32.6 Å². The van der Waals surface area contributed by atoms with Gasteiger partial charge in [-0.25, -0.2) is 9.18 Å². The number of hydrogen-bond acceptors (Lipinski definition) is 7. The molecule has 2 unspecified atom stereocenters. The fraction of sp³-hybridized carbons (Fsp3) is 0.857. The van der Waals surface area contributed by atoms with Crippen molar-refractivity contribution in [1.29, 1.82) is 0 Å². The van der Waals surface area contributed by atoms with E-state index in [4.69, 9.17) is 14.0 Å². The van der Waals surface area contributed by atoms with Gasteiger partial charge in [0.25, 0.3) is 5.56 Å². The molecule has 0 saturated heterocycles. The van der Waals surface area contributed by atoms with Crippen LogP contribution in [-0.2, 0) is 25.1 Å². The Hall–Kier alpha value is -1.57. The molecule has 0 amide bonds. The summed E-state index contributed by atoms with van der Waals surface area (Å²) in [5.74, 6) is 0. The van der Waals surface area contributed by atoms with E-state index in [1.54, 1.807) is 0 Å². The lowest BCUT2D eigenvalue weighted by Gasteiger charge is -2.23. The molecule has 1 heterocycles. The van der Waals surface area contributed by atoms with Gasteiger partial charge < -0.3 is 24.0 Å². The molecule has 43 heavy (non-hydrogen) atoms. The molecule has 0 bridgehead atoms. The van der Waals surface area contributed by atoms with E-state index in [0.717, 1.165) is 74.8 Å². The number of aromatic amines is 1. The van der Waals surface area contributed by atoms with Gasteiger partial charge in [-0.3, -0.25) is 18.9 Å². The molecule has 252 valence electrons. The molecule has 0 aliphatic heterocycles. The van der Waals surface area contributed by atoms with E-state index in [1.807, 2.05) is 0 Å². The molecule has 0 aliphatic carbocycles. The molecule has 0 radical (unpaired) electrons. The maximum atomic E-state index is 13.5. The first-order chi connectivity index (χ1) is 20.3. The molecular weight excluding hydrogens is 599 g/mol. The normalized spacial score (nSPS) is 15.7. The fourth-order valence-electron chi connectivity index (χ4n) is 4.25. The summed E-state index contributed by atoms with van der Waals surface area (Å²) in [6.45, 7) is 0.948. The molecular formula is C28H49F4N2O8P. The number of halogens is 4. The number of hydrogen-bond donors (Lipinski definition) is 3. The largest absolute Gasteiger partial charge is 0.422 e. The summed E-state index contributed by atoms with van der Waals surface area (Å²) in [6, 6.07) is 1.14. The van der Waals surface area contributed by atoms with E-state index in [2.05, 4.69) is 4.98 Å². The molecule has 3 N–H and O–H groups in total. The van der Waals surface area contributed by atoms with Crippen molar-refractivity contribution in [2.45, 2.75) is 121 Å². The van der Waals surface area contributed by atoms with Crippen molar-refractivity contribution in [3.8, 4) is 0 Å². The summed E-state index contributed by atoms with van der Waals surface area (Å²) in [7, 11) is -4.07. The van der Waals surface area contributed by atoms with Gasteiger partial charge in [0.05, 0.1) is 25.9 Å². The average Bonchev–Trinajstić information content (AvgIpc) is 2.92. The van der Waals surface area contributed by atoms with Crippen molar-refractivity contribution < 1.29 is 46.1 Å². The first-order valence-corrected chi connectivity index (χ1v) is 16.9. The Balaban J connectivity index is 1.93. The van der Waals surface area contributed by atoms with E-state index >= 15 is 0 Å². The first kappa shape index (κ1) is 39.5. The Morgan fingerprint density at radius 2 is 1.42 bits per heavy atom. The second-order valence-corrected chi connectivity index (χ2v) is 12.8. The minimum atomic E-state index is -4.79. The molecule has 0 saturated carbocycles. The van der Waals surface area contributed by atoms with Crippen molar-refractivity contribution >= 4 is 7.60 Å². The van der Waals surface area contributed by atoms with Gasteiger partial charge in [-0.15, -0.1) is 0 Å². The molecule has 0 aromatic carbocycles. The van der Waals surface area contributed by atoms with Crippen molar-refractivity contribution in [3.63, 3.8) is 0 Å². The van der Waals surface area contributed by atoms with Crippen LogP contribution in [0.15, 0.2) is 21.9 Å². The van der Waals surface area contributed by atoms with Crippen LogP contribution in [0.4, 0.5) is 17.6 Å². The van der Waals surface area contributed by atoms with Gasteiger partial charge >= 0.3 is 19.5 Å². The maximum Gasteiger partial charge on any atom is 0.422 e. The van der Waals surface area contributed by atoms with Crippen LogP contribution < -0.4 is 11.2 Å². The van der Waals surface area contributed by atoms with Crippen LogP contribution in [0.5, 0.6) is 0 Å². The maximum absolute atomic E-state index is 13.5. The average molecular weight is 649 g/mol. The zero-order valence-corrected chi connectivity index (χ0v) is 26.0. The minimum absolute atomic E-state index is 0.00454. The summed E-state index contributed by atoms with van der Waals surface area (Å²) in [5.41, 5.74) is -4.34. The Morgan fingerprint density at radius 3 is 1.95 bits per heavy atom. The molecule has 1 aromatic heterocycles. The fourth-order valence-corrected chi connectivity index (χ4v) is 5.14. The zero-order chi connectivity index (χ0) is 32.2. The summed E-state index contributed by atoms with van der Waals surface area (Å²) >= 11 is 0. The smallest absolute Gasteiger partial charge is 0.394 e. The van der Waals surface area contributed by atoms with Crippen molar-refractivity contribution in [2.75, 3.05) is 32.8 Å². The quantitative estimate of drug-likeness (QED) is 0.0647. The van der Waals surface area contributed by atoms with Gasteiger partial charge in [0.1, 0.15) is 6.35 Å². The minimum Gasteiger partial charge on any atom is -0.394 e. The number of alkyl halides is 4. The van der Waals surface area contributed by atoms with E-state index < -0.39 is 56.2 Å². The van der Waals surface area contributed by atoms with Gasteiger partial charge in [-0.1, -0.05) is 64.2 Å². The van der Waals surface area contributed by atoms with Crippen LogP contribution in [0.1, 0.15) is 96.8 Å². The van der Waals surface area contributed by atoms with Crippen LogP contribution in [0.3, 0.4) is 0 Å². The number of aliphatic hydroxyl groups is 1. The SMILES string of the molecule is CC(F)(CCCCCCCCCCCCCCOCCCOP(=O)(O)CO[C@H](CO)Cn1ccc(=O)[nH]c1=O)C(F)(F)F. The molecule has 0 fully saturated rings. The van der Waals surface area contributed by atoms with Crippen LogP contribution in [0.2, 0.25) is 0 Å². The summed E-state index contributed by atoms with van der Waals surface area (Å²) in [4.78, 5) is 34.8. The van der Waals surface area contributed by atoms with Crippen LogP contribution in [0, 0.1) is 0 Å². The Kier molecular flexibility index (Phi) is 19.5. The lowest BCUT2D eigenvalue weighted by molar-refractivity contribution is -0.226. The Labute approximate surface area is 250 Å². The van der Waals surface area contributed by atoms with E-state index in [1.165, 1.54) is 6.20 Å². The summed E-state index contributed by atoms with van der Waals surface area (Å²) in [6.07, 6.45) is 6.08. The second kappa shape index (κ2) is 21.2. The molecule has 0 aliphatic rings. The number of H-pyrrole nitrogens is 1.